The van der Waals surface area contributed by atoms with Crippen LogP contribution >= 0.6 is 0 Å². The fraction of sp³-hybridized carbons (Fsp3) is 0.167. The molecule has 86 valence electrons. The molecule has 0 aliphatic rings. The molecule has 1 amide bonds. The van der Waals surface area contributed by atoms with Gasteiger partial charge in [-0.2, -0.15) is 5.26 Å². The first-order valence-corrected chi connectivity index (χ1v) is 4.75. The van der Waals surface area contributed by atoms with E-state index < -0.39 is 11.7 Å². The SMILES string of the molecule is C#CCN(CC#N)C(=O)c1cccc(F)c1N. The molecule has 2 N–H and O–H groups in total. The minimum Gasteiger partial charge on any atom is -0.396 e. The molecule has 0 heterocycles. The van der Waals surface area contributed by atoms with E-state index in [1.165, 1.54) is 12.1 Å². The molecule has 4 nitrogen and oxygen atoms in total. The lowest BCUT2D eigenvalue weighted by atomic mass is 10.1. The average Bonchev–Trinajstić information content (AvgIpc) is 2.31. The molecule has 0 aromatic heterocycles. The minimum absolute atomic E-state index is 0.00972. The molecule has 5 heteroatoms. The van der Waals surface area contributed by atoms with E-state index >= 15 is 0 Å². The van der Waals surface area contributed by atoms with Gasteiger partial charge in [-0.15, -0.1) is 6.42 Å². The molecule has 0 fully saturated rings. The topological polar surface area (TPSA) is 70.1 Å². The van der Waals surface area contributed by atoms with Gasteiger partial charge in [0.1, 0.15) is 12.4 Å². The standard InChI is InChI=1S/C12H10FN3O/c1-2-7-16(8-6-14)12(17)9-4-3-5-10(13)11(9)15/h1,3-5H,7-8,15H2. The van der Waals surface area contributed by atoms with E-state index in [0.717, 1.165) is 11.0 Å². The zero-order chi connectivity index (χ0) is 12.8. The van der Waals surface area contributed by atoms with E-state index in [2.05, 4.69) is 5.92 Å². The van der Waals surface area contributed by atoms with Crippen LogP contribution < -0.4 is 5.73 Å². The Balaban J connectivity index is 3.07. The van der Waals surface area contributed by atoms with E-state index in [1.54, 1.807) is 0 Å². The van der Waals surface area contributed by atoms with Gasteiger partial charge in [-0.3, -0.25) is 4.79 Å². The zero-order valence-electron chi connectivity index (χ0n) is 8.98. The van der Waals surface area contributed by atoms with E-state index in [9.17, 15) is 9.18 Å². The summed E-state index contributed by atoms with van der Waals surface area (Å²) in [4.78, 5) is 13.0. The molecule has 0 bridgehead atoms. The normalized spacial score (nSPS) is 9.12. The van der Waals surface area contributed by atoms with Gasteiger partial charge in [0.15, 0.2) is 0 Å². The second kappa shape index (κ2) is 5.53. The van der Waals surface area contributed by atoms with E-state index in [-0.39, 0.29) is 24.3 Å². The second-order valence-corrected chi connectivity index (χ2v) is 3.22. The van der Waals surface area contributed by atoms with Gasteiger partial charge in [-0.25, -0.2) is 4.39 Å². The fourth-order valence-corrected chi connectivity index (χ4v) is 1.29. The lowest BCUT2D eigenvalue weighted by molar-refractivity contribution is 0.0796. The van der Waals surface area contributed by atoms with Crippen molar-refractivity contribution in [2.45, 2.75) is 0 Å². The zero-order valence-corrected chi connectivity index (χ0v) is 8.98. The van der Waals surface area contributed by atoms with Crippen molar-refractivity contribution in [3.05, 3.63) is 29.6 Å². The van der Waals surface area contributed by atoms with Gasteiger partial charge in [0.05, 0.1) is 23.9 Å². The van der Waals surface area contributed by atoms with Gasteiger partial charge in [0.2, 0.25) is 0 Å². The van der Waals surface area contributed by atoms with Crippen molar-refractivity contribution in [2.75, 3.05) is 18.8 Å². The summed E-state index contributed by atoms with van der Waals surface area (Å²) in [5.41, 5.74) is 5.23. The summed E-state index contributed by atoms with van der Waals surface area (Å²) >= 11 is 0. The van der Waals surface area contributed by atoms with Crippen molar-refractivity contribution in [3.63, 3.8) is 0 Å². The maximum atomic E-state index is 13.2. The Kier molecular flexibility index (Phi) is 4.08. The number of hydrogen-bond acceptors (Lipinski definition) is 3. The Bertz CT molecular complexity index is 497. The molecule has 0 saturated carbocycles. The molecule has 1 aromatic rings. The van der Waals surface area contributed by atoms with Crippen molar-refractivity contribution in [1.82, 2.24) is 4.90 Å². The molecular formula is C12H10FN3O. The van der Waals surface area contributed by atoms with Crippen LogP contribution in [-0.4, -0.2) is 23.9 Å². The van der Waals surface area contributed by atoms with Gasteiger partial charge in [-0.1, -0.05) is 12.0 Å². The molecule has 1 rings (SSSR count). The first-order valence-electron chi connectivity index (χ1n) is 4.75. The van der Waals surface area contributed by atoms with E-state index in [4.69, 9.17) is 17.4 Å². The van der Waals surface area contributed by atoms with Crippen LogP contribution in [0.5, 0.6) is 0 Å². The Labute approximate surface area is 98.4 Å². The molecule has 1 aromatic carbocycles. The Morgan fingerprint density at radius 2 is 2.24 bits per heavy atom. The van der Waals surface area contributed by atoms with E-state index in [0.29, 0.717) is 0 Å². The van der Waals surface area contributed by atoms with Gasteiger partial charge < -0.3 is 10.6 Å². The quantitative estimate of drug-likeness (QED) is 0.479. The van der Waals surface area contributed by atoms with E-state index in [1.807, 2.05) is 6.07 Å². The molecule has 0 radical (unpaired) electrons. The summed E-state index contributed by atoms with van der Waals surface area (Å²) in [5.74, 6) is 1.03. The number of amides is 1. The number of hydrogen-bond donors (Lipinski definition) is 1. The monoisotopic (exact) mass is 231 g/mol. The van der Waals surface area contributed by atoms with Crippen LogP contribution in [0.1, 0.15) is 10.4 Å². The number of carbonyl (C=O) groups excluding carboxylic acids is 1. The highest BCUT2D eigenvalue weighted by Crippen LogP contribution is 2.17. The Hall–Kier alpha value is -2.53. The molecule has 0 atom stereocenters. The maximum Gasteiger partial charge on any atom is 0.257 e. The van der Waals surface area contributed by atoms with Crippen LogP contribution in [0, 0.1) is 29.5 Å². The summed E-state index contributed by atoms with van der Waals surface area (Å²) < 4.78 is 13.2. The Morgan fingerprint density at radius 1 is 1.53 bits per heavy atom. The summed E-state index contributed by atoms with van der Waals surface area (Å²) in [6.45, 7) is -0.193. The first-order chi connectivity index (χ1) is 8.11. The highest BCUT2D eigenvalue weighted by atomic mass is 19.1. The number of nitrogen functional groups attached to an aromatic ring is 1. The highest BCUT2D eigenvalue weighted by molar-refractivity contribution is 5.99. The first kappa shape index (κ1) is 12.5. The van der Waals surface area contributed by atoms with Crippen LogP contribution in [0.25, 0.3) is 0 Å². The molecule has 0 aliphatic heterocycles. The highest BCUT2D eigenvalue weighted by Gasteiger charge is 2.18. The maximum absolute atomic E-state index is 13.2. The number of halogens is 1. The van der Waals surface area contributed by atoms with Crippen molar-refractivity contribution in [2.24, 2.45) is 0 Å². The second-order valence-electron chi connectivity index (χ2n) is 3.22. The third kappa shape index (κ3) is 2.73. The summed E-state index contributed by atoms with van der Waals surface area (Å²) in [5, 5.41) is 8.57. The summed E-state index contributed by atoms with van der Waals surface area (Å²) in [7, 11) is 0. The molecule has 0 unspecified atom stereocenters. The van der Waals surface area contributed by atoms with Gasteiger partial charge in [-0.05, 0) is 12.1 Å². The summed E-state index contributed by atoms with van der Waals surface area (Å²) in [6.07, 6.45) is 5.08. The van der Waals surface area contributed by atoms with Crippen molar-refractivity contribution >= 4 is 11.6 Å². The van der Waals surface area contributed by atoms with Crippen LogP contribution in [0.4, 0.5) is 10.1 Å². The lowest BCUT2D eigenvalue weighted by Crippen LogP contribution is -2.32. The minimum atomic E-state index is -0.673. The number of terminal acetylenes is 1. The van der Waals surface area contributed by atoms with Crippen molar-refractivity contribution < 1.29 is 9.18 Å². The van der Waals surface area contributed by atoms with Gasteiger partial charge >= 0.3 is 0 Å². The Morgan fingerprint density at radius 3 is 2.82 bits per heavy atom. The number of para-hydroxylation sites is 1. The van der Waals surface area contributed by atoms with Crippen LogP contribution in [0.15, 0.2) is 18.2 Å². The third-order valence-electron chi connectivity index (χ3n) is 2.11. The number of benzene rings is 1. The fourth-order valence-electron chi connectivity index (χ4n) is 1.29. The predicted molar refractivity (Wildman–Crippen MR) is 61.2 cm³/mol. The largest absolute Gasteiger partial charge is 0.396 e. The summed E-state index contributed by atoms with van der Waals surface area (Å²) in [6, 6.07) is 5.73. The van der Waals surface area contributed by atoms with Crippen LogP contribution in [0.3, 0.4) is 0 Å². The molecule has 17 heavy (non-hydrogen) atoms. The molecule has 0 aliphatic carbocycles. The third-order valence-corrected chi connectivity index (χ3v) is 2.11. The lowest BCUT2D eigenvalue weighted by Gasteiger charge is -2.17. The smallest absolute Gasteiger partial charge is 0.257 e. The average molecular weight is 231 g/mol. The van der Waals surface area contributed by atoms with Crippen molar-refractivity contribution in [3.8, 4) is 18.4 Å². The number of nitrogens with two attached hydrogens (primary N) is 1. The van der Waals surface area contributed by atoms with Gasteiger partial charge in [0.25, 0.3) is 5.91 Å². The number of anilines is 1. The number of nitrogens with zero attached hydrogens (tertiary/aromatic N) is 2. The molecule has 0 spiro atoms. The van der Waals surface area contributed by atoms with Crippen LogP contribution in [-0.2, 0) is 0 Å². The van der Waals surface area contributed by atoms with Crippen molar-refractivity contribution in [1.29, 1.82) is 5.26 Å². The van der Waals surface area contributed by atoms with Gasteiger partial charge in [0, 0.05) is 0 Å². The number of carbonyl (C=O) groups is 1. The number of rotatable bonds is 3. The predicted octanol–water partition coefficient (Wildman–Crippen LogP) is 1.01. The molecular weight excluding hydrogens is 221 g/mol. The van der Waals surface area contributed by atoms with Crippen LogP contribution in [0.2, 0.25) is 0 Å². The molecule has 0 saturated heterocycles. The number of nitriles is 1.